The number of hydrogen-bond donors (Lipinski definition) is 0. The maximum Gasteiger partial charge on any atom is 0.173 e. The molecule has 2 aliphatic rings. The number of methoxy groups -OCH3 is 1. The van der Waals surface area contributed by atoms with E-state index in [1.165, 1.54) is 5.56 Å². The van der Waals surface area contributed by atoms with Gasteiger partial charge in [-0.3, -0.25) is 4.90 Å². The zero-order valence-electron chi connectivity index (χ0n) is 18.5. The number of anilines is 1. The second-order valence-electron chi connectivity index (χ2n) is 8.36. The van der Waals surface area contributed by atoms with Crippen molar-refractivity contribution in [1.82, 2.24) is 25.1 Å². The molecule has 0 radical (unpaired) electrons. The molecular weight excluding hydrogens is 404 g/mol. The van der Waals surface area contributed by atoms with E-state index in [1.54, 1.807) is 7.11 Å². The van der Waals surface area contributed by atoms with Crippen molar-refractivity contribution in [3.05, 3.63) is 66.0 Å². The zero-order valence-corrected chi connectivity index (χ0v) is 18.5. The Labute approximate surface area is 188 Å². The first-order chi connectivity index (χ1) is 15.8. The van der Waals surface area contributed by atoms with Crippen molar-refractivity contribution in [3.63, 3.8) is 0 Å². The van der Waals surface area contributed by atoms with Crippen molar-refractivity contribution >= 4 is 5.69 Å². The van der Waals surface area contributed by atoms with E-state index in [-0.39, 0.29) is 12.1 Å². The highest BCUT2D eigenvalue weighted by Gasteiger charge is 2.32. The molecule has 0 N–H and O–H groups in total. The van der Waals surface area contributed by atoms with Crippen LogP contribution in [0, 0.1) is 0 Å². The lowest BCUT2D eigenvalue weighted by molar-refractivity contribution is 0.0906. The summed E-state index contributed by atoms with van der Waals surface area (Å²) >= 11 is 0. The van der Waals surface area contributed by atoms with Crippen molar-refractivity contribution in [3.8, 4) is 5.75 Å². The summed E-state index contributed by atoms with van der Waals surface area (Å²) in [5.74, 6) is 1.80. The Morgan fingerprint density at radius 2 is 1.81 bits per heavy atom. The summed E-state index contributed by atoms with van der Waals surface area (Å²) in [6.07, 6.45) is 2.36. The Morgan fingerprint density at radius 3 is 2.56 bits per heavy atom. The van der Waals surface area contributed by atoms with E-state index in [0.717, 1.165) is 62.9 Å². The Hall–Kier alpha value is -2.97. The fourth-order valence-corrected chi connectivity index (χ4v) is 4.79. The minimum Gasteiger partial charge on any atom is -0.495 e. The van der Waals surface area contributed by atoms with Crippen molar-refractivity contribution in [2.45, 2.75) is 31.5 Å². The van der Waals surface area contributed by atoms with Gasteiger partial charge < -0.3 is 14.4 Å². The molecule has 2 aromatic carbocycles. The van der Waals surface area contributed by atoms with Crippen LogP contribution < -0.4 is 9.64 Å². The highest BCUT2D eigenvalue weighted by atomic mass is 16.5. The van der Waals surface area contributed by atoms with Crippen LogP contribution in [-0.4, -0.2) is 71.1 Å². The van der Waals surface area contributed by atoms with Gasteiger partial charge in [-0.15, -0.1) is 5.10 Å². The lowest BCUT2D eigenvalue weighted by atomic mass is 10.0. The van der Waals surface area contributed by atoms with Gasteiger partial charge in [-0.1, -0.05) is 42.5 Å². The summed E-state index contributed by atoms with van der Waals surface area (Å²) < 4.78 is 13.4. The summed E-state index contributed by atoms with van der Waals surface area (Å²) in [5, 5.41) is 12.9. The Kier molecular flexibility index (Phi) is 6.31. The standard InChI is InChI=1S/C24H30N6O2/c1-31-22-12-6-5-11-21(22)28-13-15-29(16-14-28)23(19-8-3-2-4-9-19)24-25-26-27-30(24)18-20-10-7-17-32-20/h2-6,8-9,11-12,20,23H,7,10,13-18H2,1H3. The summed E-state index contributed by atoms with van der Waals surface area (Å²) in [4.78, 5) is 4.88. The van der Waals surface area contributed by atoms with Gasteiger partial charge in [-0.05, 0) is 41.0 Å². The van der Waals surface area contributed by atoms with Crippen LogP contribution in [0.15, 0.2) is 54.6 Å². The molecule has 32 heavy (non-hydrogen) atoms. The molecule has 8 heteroatoms. The van der Waals surface area contributed by atoms with Crippen LogP contribution in [-0.2, 0) is 11.3 Å². The van der Waals surface area contributed by atoms with E-state index in [4.69, 9.17) is 9.47 Å². The largest absolute Gasteiger partial charge is 0.495 e. The molecule has 8 nitrogen and oxygen atoms in total. The van der Waals surface area contributed by atoms with Crippen molar-refractivity contribution in [2.75, 3.05) is 44.8 Å². The van der Waals surface area contributed by atoms with Gasteiger partial charge in [0.05, 0.1) is 31.5 Å². The average molecular weight is 435 g/mol. The first-order valence-corrected chi connectivity index (χ1v) is 11.4. The second kappa shape index (κ2) is 9.67. The number of hydrogen-bond acceptors (Lipinski definition) is 7. The van der Waals surface area contributed by atoms with E-state index in [0.29, 0.717) is 6.54 Å². The van der Waals surface area contributed by atoms with Gasteiger partial charge in [-0.2, -0.15) is 0 Å². The molecule has 0 spiro atoms. The lowest BCUT2D eigenvalue weighted by Crippen LogP contribution is -2.48. The average Bonchev–Trinajstić information content (AvgIpc) is 3.53. The fourth-order valence-electron chi connectivity index (χ4n) is 4.79. The van der Waals surface area contributed by atoms with Gasteiger partial charge in [0, 0.05) is 32.8 Å². The quantitative estimate of drug-likeness (QED) is 0.566. The molecule has 2 unspecified atom stereocenters. The molecule has 1 aromatic heterocycles. The minimum absolute atomic E-state index is 0.00687. The molecule has 0 saturated carbocycles. The van der Waals surface area contributed by atoms with Crippen LogP contribution in [0.3, 0.4) is 0 Å². The number of benzene rings is 2. The van der Waals surface area contributed by atoms with E-state index < -0.39 is 0 Å². The number of ether oxygens (including phenoxy) is 2. The molecule has 168 valence electrons. The van der Waals surface area contributed by atoms with Crippen LogP contribution in [0.5, 0.6) is 5.75 Å². The predicted molar refractivity (Wildman–Crippen MR) is 122 cm³/mol. The molecule has 0 aliphatic carbocycles. The first kappa shape index (κ1) is 20.9. The first-order valence-electron chi connectivity index (χ1n) is 11.4. The van der Waals surface area contributed by atoms with E-state index >= 15 is 0 Å². The monoisotopic (exact) mass is 434 g/mol. The zero-order chi connectivity index (χ0) is 21.8. The van der Waals surface area contributed by atoms with Crippen molar-refractivity contribution < 1.29 is 9.47 Å². The van der Waals surface area contributed by atoms with Crippen LogP contribution >= 0.6 is 0 Å². The van der Waals surface area contributed by atoms with Gasteiger partial charge >= 0.3 is 0 Å². The third-order valence-corrected chi connectivity index (χ3v) is 6.43. The van der Waals surface area contributed by atoms with Gasteiger partial charge in [-0.25, -0.2) is 4.68 Å². The third kappa shape index (κ3) is 4.33. The number of nitrogens with zero attached hydrogens (tertiary/aromatic N) is 6. The normalized spacial score (nSPS) is 20.4. The molecular formula is C24H30N6O2. The van der Waals surface area contributed by atoms with Crippen LogP contribution in [0.1, 0.15) is 30.3 Å². The third-order valence-electron chi connectivity index (χ3n) is 6.43. The SMILES string of the molecule is COc1ccccc1N1CCN(C(c2ccccc2)c2nnnn2CC2CCCO2)CC1. The van der Waals surface area contributed by atoms with Crippen molar-refractivity contribution in [2.24, 2.45) is 0 Å². The number of para-hydroxylation sites is 2. The second-order valence-corrected chi connectivity index (χ2v) is 8.36. The van der Waals surface area contributed by atoms with Gasteiger partial charge in [0.25, 0.3) is 0 Å². The molecule has 3 heterocycles. The number of rotatable bonds is 7. The summed E-state index contributed by atoms with van der Waals surface area (Å²) in [7, 11) is 1.73. The van der Waals surface area contributed by atoms with E-state index in [9.17, 15) is 0 Å². The molecule has 2 atom stereocenters. The summed E-state index contributed by atoms with van der Waals surface area (Å²) in [5.41, 5.74) is 2.36. The van der Waals surface area contributed by atoms with Crippen LogP contribution in [0.2, 0.25) is 0 Å². The summed E-state index contributed by atoms with van der Waals surface area (Å²) in [6.45, 7) is 5.17. The van der Waals surface area contributed by atoms with Crippen LogP contribution in [0.4, 0.5) is 5.69 Å². The van der Waals surface area contributed by atoms with E-state index in [2.05, 4.69) is 67.8 Å². The Balaban J connectivity index is 1.38. The van der Waals surface area contributed by atoms with Crippen molar-refractivity contribution in [1.29, 1.82) is 0 Å². The Bertz CT molecular complexity index is 996. The fraction of sp³-hybridized carbons (Fsp3) is 0.458. The number of aromatic nitrogens is 4. The molecule has 0 amide bonds. The maximum atomic E-state index is 5.85. The van der Waals surface area contributed by atoms with Gasteiger partial charge in [0.1, 0.15) is 5.75 Å². The van der Waals surface area contributed by atoms with E-state index in [1.807, 2.05) is 16.8 Å². The highest BCUT2D eigenvalue weighted by Crippen LogP contribution is 2.32. The molecule has 2 saturated heterocycles. The number of piperazine rings is 1. The minimum atomic E-state index is 0.00687. The summed E-state index contributed by atoms with van der Waals surface area (Å²) in [6, 6.07) is 18.8. The molecule has 5 rings (SSSR count). The molecule has 3 aromatic rings. The smallest absolute Gasteiger partial charge is 0.173 e. The Morgan fingerprint density at radius 1 is 1.03 bits per heavy atom. The molecule has 2 fully saturated rings. The lowest BCUT2D eigenvalue weighted by Gasteiger charge is -2.40. The predicted octanol–water partition coefficient (Wildman–Crippen LogP) is 2.77. The highest BCUT2D eigenvalue weighted by molar-refractivity contribution is 5.58. The van der Waals surface area contributed by atoms with Crippen LogP contribution in [0.25, 0.3) is 0 Å². The topological polar surface area (TPSA) is 68.5 Å². The van der Waals surface area contributed by atoms with Gasteiger partial charge in [0.2, 0.25) is 0 Å². The molecule has 2 aliphatic heterocycles. The number of tetrazole rings is 1. The van der Waals surface area contributed by atoms with Gasteiger partial charge in [0.15, 0.2) is 5.82 Å². The maximum absolute atomic E-state index is 5.85. The molecule has 0 bridgehead atoms.